The van der Waals surface area contributed by atoms with E-state index < -0.39 is 4.92 Å². The SMILES string of the molecule is I.NC(=NCCn1cc([N+](=O)[O-])cn1)N1CCOCC1. The van der Waals surface area contributed by atoms with Crippen LogP contribution in [0.4, 0.5) is 5.69 Å². The van der Waals surface area contributed by atoms with Gasteiger partial charge >= 0.3 is 5.69 Å². The third kappa shape index (κ3) is 4.59. The van der Waals surface area contributed by atoms with Crippen molar-refractivity contribution in [2.75, 3.05) is 32.8 Å². The zero-order chi connectivity index (χ0) is 13.7. The first kappa shape index (κ1) is 16.6. The highest BCUT2D eigenvalue weighted by Crippen LogP contribution is 2.07. The molecule has 0 aromatic carbocycles. The molecule has 1 aliphatic heterocycles. The quantitative estimate of drug-likeness (QED) is 0.253. The number of nitro groups is 1. The largest absolute Gasteiger partial charge is 0.378 e. The Hall–Kier alpha value is -1.43. The summed E-state index contributed by atoms with van der Waals surface area (Å²) in [6, 6.07) is 0. The van der Waals surface area contributed by atoms with Crippen molar-refractivity contribution in [3.05, 3.63) is 22.5 Å². The Kier molecular flexibility index (Phi) is 6.64. The summed E-state index contributed by atoms with van der Waals surface area (Å²) in [5.41, 5.74) is 5.83. The van der Waals surface area contributed by atoms with E-state index in [0.29, 0.717) is 32.3 Å². The van der Waals surface area contributed by atoms with Gasteiger partial charge in [0, 0.05) is 13.1 Å². The van der Waals surface area contributed by atoms with Crippen molar-refractivity contribution in [2.24, 2.45) is 10.7 Å². The Morgan fingerprint density at radius 3 is 2.85 bits per heavy atom. The lowest BCUT2D eigenvalue weighted by molar-refractivity contribution is -0.385. The van der Waals surface area contributed by atoms with Crippen LogP contribution in [-0.2, 0) is 11.3 Å². The van der Waals surface area contributed by atoms with Crippen LogP contribution in [0.25, 0.3) is 0 Å². The van der Waals surface area contributed by atoms with Crippen LogP contribution in [0.2, 0.25) is 0 Å². The first-order valence-corrected chi connectivity index (χ1v) is 5.96. The summed E-state index contributed by atoms with van der Waals surface area (Å²) in [6.45, 7) is 3.68. The zero-order valence-electron chi connectivity index (χ0n) is 10.8. The van der Waals surface area contributed by atoms with E-state index in [1.807, 2.05) is 4.90 Å². The molecule has 0 amide bonds. The van der Waals surface area contributed by atoms with E-state index in [9.17, 15) is 10.1 Å². The molecule has 10 heteroatoms. The van der Waals surface area contributed by atoms with Gasteiger partial charge in [0.2, 0.25) is 0 Å². The van der Waals surface area contributed by atoms with E-state index in [0.717, 1.165) is 13.1 Å². The van der Waals surface area contributed by atoms with Crippen molar-refractivity contribution in [3.8, 4) is 0 Å². The normalized spacial score (nSPS) is 15.8. The van der Waals surface area contributed by atoms with Crippen molar-refractivity contribution < 1.29 is 9.66 Å². The van der Waals surface area contributed by atoms with Crippen LogP contribution in [-0.4, -0.2) is 58.4 Å². The van der Waals surface area contributed by atoms with Crippen molar-refractivity contribution >= 4 is 35.6 Å². The predicted octanol–water partition coefficient (Wildman–Crippen LogP) is 0.0562. The number of ether oxygens (including phenoxy) is 1. The van der Waals surface area contributed by atoms with Gasteiger partial charge in [-0.3, -0.25) is 19.8 Å². The maximum atomic E-state index is 10.5. The molecule has 112 valence electrons. The summed E-state index contributed by atoms with van der Waals surface area (Å²) < 4.78 is 6.70. The van der Waals surface area contributed by atoms with Crippen LogP contribution in [0, 0.1) is 10.1 Å². The molecule has 0 saturated carbocycles. The van der Waals surface area contributed by atoms with Crippen molar-refractivity contribution in [2.45, 2.75) is 6.54 Å². The smallest absolute Gasteiger partial charge is 0.306 e. The summed E-state index contributed by atoms with van der Waals surface area (Å²) in [7, 11) is 0. The molecule has 2 N–H and O–H groups in total. The highest BCUT2D eigenvalue weighted by molar-refractivity contribution is 14.0. The Morgan fingerprint density at radius 1 is 1.55 bits per heavy atom. The molecule has 0 radical (unpaired) electrons. The highest BCUT2D eigenvalue weighted by atomic mass is 127. The number of guanidine groups is 1. The standard InChI is InChI=1S/C10H16N6O3.HI/c11-10(14-3-5-19-6-4-14)12-1-2-15-8-9(7-13-15)16(17)18;/h7-8H,1-6H2,(H2,11,12);1H. The molecule has 1 fully saturated rings. The van der Waals surface area contributed by atoms with E-state index >= 15 is 0 Å². The number of aliphatic imine (C=N–C) groups is 1. The number of hydrogen-bond acceptors (Lipinski definition) is 5. The molecule has 9 nitrogen and oxygen atoms in total. The van der Waals surface area contributed by atoms with Crippen molar-refractivity contribution in [3.63, 3.8) is 0 Å². The van der Waals surface area contributed by atoms with E-state index in [1.54, 1.807) is 0 Å². The number of hydrogen-bond donors (Lipinski definition) is 1. The maximum Gasteiger partial charge on any atom is 0.306 e. The molecule has 0 spiro atoms. The number of nitrogens with zero attached hydrogens (tertiary/aromatic N) is 5. The summed E-state index contributed by atoms with van der Waals surface area (Å²) >= 11 is 0. The van der Waals surface area contributed by atoms with E-state index in [2.05, 4.69) is 10.1 Å². The summed E-state index contributed by atoms with van der Waals surface area (Å²) in [5.74, 6) is 0.477. The average Bonchev–Trinajstić information content (AvgIpc) is 2.89. The van der Waals surface area contributed by atoms with Crippen molar-refractivity contribution in [1.82, 2.24) is 14.7 Å². The summed E-state index contributed by atoms with van der Waals surface area (Å²) in [5, 5.41) is 14.4. The van der Waals surface area contributed by atoms with Gasteiger partial charge in [-0.1, -0.05) is 0 Å². The second kappa shape index (κ2) is 7.99. The minimum atomic E-state index is -0.477. The van der Waals surface area contributed by atoms with Crippen LogP contribution < -0.4 is 5.73 Å². The van der Waals surface area contributed by atoms with Crippen LogP contribution in [0.3, 0.4) is 0 Å². The molecule has 2 heterocycles. The van der Waals surface area contributed by atoms with Gasteiger partial charge in [-0.2, -0.15) is 5.10 Å². The third-order valence-electron chi connectivity index (χ3n) is 2.77. The van der Waals surface area contributed by atoms with E-state index in [4.69, 9.17) is 10.5 Å². The van der Waals surface area contributed by atoms with Gasteiger partial charge in [-0.25, -0.2) is 0 Å². The maximum absolute atomic E-state index is 10.5. The molecule has 1 saturated heterocycles. The number of halogens is 1. The first-order chi connectivity index (χ1) is 9.16. The first-order valence-electron chi connectivity index (χ1n) is 5.96. The minimum Gasteiger partial charge on any atom is -0.378 e. The molecule has 0 atom stereocenters. The van der Waals surface area contributed by atoms with Crippen LogP contribution >= 0.6 is 24.0 Å². The van der Waals surface area contributed by atoms with Gasteiger partial charge < -0.3 is 15.4 Å². The van der Waals surface area contributed by atoms with E-state index in [-0.39, 0.29) is 29.7 Å². The Bertz CT molecular complexity index is 471. The van der Waals surface area contributed by atoms with Gasteiger partial charge in [-0.05, 0) is 0 Å². The van der Waals surface area contributed by atoms with Gasteiger partial charge in [0.05, 0.1) is 31.2 Å². The Balaban J connectivity index is 0.00000200. The van der Waals surface area contributed by atoms with Crippen LogP contribution in [0.15, 0.2) is 17.4 Å². The second-order valence-electron chi connectivity index (χ2n) is 4.06. The highest BCUT2D eigenvalue weighted by Gasteiger charge is 2.12. The van der Waals surface area contributed by atoms with Crippen LogP contribution in [0.5, 0.6) is 0 Å². The van der Waals surface area contributed by atoms with Crippen molar-refractivity contribution in [1.29, 1.82) is 0 Å². The van der Waals surface area contributed by atoms with Gasteiger partial charge in [-0.15, -0.1) is 24.0 Å². The molecular weight excluding hydrogens is 379 g/mol. The molecule has 1 aliphatic rings. The fourth-order valence-corrected chi connectivity index (χ4v) is 1.73. The monoisotopic (exact) mass is 396 g/mol. The number of rotatable bonds is 4. The lowest BCUT2D eigenvalue weighted by Gasteiger charge is -2.27. The Morgan fingerprint density at radius 2 is 2.25 bits per heavy atom. The topological polar surface area (TPSA) is 112 Å². The number of morpholine rings is 1. The second-order valence-corrected chi connectivity index (χ2v) is 4.06. The molecular formula is C10H17IN6O3. The number of nitrogens with two attached hydrogens (primary N) is 1. The molecule has 0 aliphatic carbocycles. The van der Waals surface area contributed by atoms with Gasteiger partial charge in [0.1, 0.15) is 12.4 Å². The predicted molar refractivity (Wildman–Crippen MR) is 83.2 cm³/mol. The van der Waals surface area contributed by atoms with Gasteiger partial charge in [0.25, 0.3) is 0 Å². The summed E-state index contributed by atoms with van der Waals surface area (Å²) in [6.07, 6.45) is 2.59. The summed E-state index contributed by atoms with van der Waals surface area (Å²) in [4.78, 5) is 16.2. The fraction of sp³-hybridized carbons (Fsp3) is 0.600. The molecule has 0 bridgehead atoms. The average molecular weight is 396 g/mol. The molecule has 20 heavy (non-hydrogen) atoms. The lowest BCUT2D eigenvalue weighted by atomic mass is 10.4. The number of aromatic nitrogens is 2. The Labute approximate surface area is 132 Å². The van der Waals surface area contributed by atoms with E-state index in [1.165, 1.54) is 17.1 Å². The van der Waals surface area contributed by atoms with Gasteiger partial charge in [0.15, 0.2) is 5.96 Å². The third-order valence-corrected chi connectivity index (χ3v) is 2.77. The molecule has 1 aromatic rings. The minimum absolute atomic E-state index is 0. The van der Waals surface area contributed by atoms with Crippen LogP contribution in [0.1, 0.15) is 0 Å². The lowest BCUT2D eigenvalue weighted by Crippen LogP contribution is -2.44. The molecule has 1 aromatic heterocycles. The zero-order valence-corrected chi connectivity index (χ0v) is 13.2. The molecule has 0 unspecified atom stereocenters. The fourth-order valence-electron chi connectivity index (χ4n) is 1.73. The molecule has 2 rings (SSSR count).